The van der Waals surface area contributed by atoms with Crippen molar-refractivity contribution in [2.75, 3.05) is 33.2 Å². The minimum absolute atomic E-state index is 0.0940. The van der Waals surface area contributed by atoms with Gasteiger partial charge in [0.15, 0.2) is 5.96 Å². The van der Waals surface area contributed by atoms with E-state index in [-0.39, 0.29) is 11.3 Å². The summed E-state index contributed by atoms with van der Waals surface area (Å²) in [7, 11) is 1.85. The van der Waals surface area contributed by atoms with Crippen LogP contribution in [-0.2, 0) is 4.79 Å². The van der Waals surface area contributed by atoms with Crippen LogP contribution in [0, 0.1) is 17.3 Å². The Morgan fingerprint density at radius 3 is 2.14 bits per heavy atom. The smallest absolute Gasteiger partial charge is 0.225 e. The molecule has 0 aromatic carbocycles. The molecule has 1 amide bonds. The van der Waals surface area contributed by atoms with Crippen LogP contribution in [0.15, 0.2) is 4.99 Å². The number of aliphatic imine (C=N–C) groups is 1. The third-order valence-corrected chi connectivity index (χ3v) is 4.86. The lowest BCUT2D eigenvalue weighted by Gasteiger charge is -2.22. The molecule has 5 nitrogen and oxygen atoms in total. The Labute approximate surface area is 134 Å². The van der Waals surface area contributed by atoms with Gasteiger partial charge in [-0.3, -0.25) is 9.79 Å². The molecular formula is C17H32N4O. The molecule has 0 aromatic heterocycles. The van der Waals surface area contributed by atoms with Crippen molar-refractivity contribution in [3.8, 4) is 0 Å². The summed E-state index contributed by atoms with van der Waals surface area (Å²) >= 11 is 0. The number of nitrogens with zero attached hydrogens (tertiary/aromatic N) is 2. The van der Waals surface area contributed by atoms with E-state index in [1.807, 2.05) is 27.8 Å². The lowest BCUT2D eigenvalue weighted by atomic mass is 9.82. The molecule has 0 radical (unpaired) electrons. The number of amides is 1. The fraction of sp³-hybridized carbons (Fsp3) is 0.882. The maximum atomic E-state index is 11.8. The molecule has 1 aliphatic carbocycles. The summed E-state index contributed by atoms with van der Waals surface area (Å²) in [5, 5.41) is 6.36. The van der Waals surface area contributed by atoms with Crippen LogP contribution >= 0.6 is 0 Å². The van der Waals surface area contributed by atoms with Crippen molar-refractivity contribution in [1.29, 1.82) is 0 Å². The van der Waals surface area contributed by atoms with Crippen molar-refractivity contribution in [1.82, 2.24) is 15.5 Å². The Kier molecular flexibility index (Phi) is 5.70. The number of rotatable bonds is 3. The average molecular weight is 308 g/mol. The molecule has 2 atom stereocenters. The molecule has 2 rings (SSSR count). The van der Waals surface area contributed by atoms with E-state index in [0.29, 0.717) is 6.54 Å². The maximum absolute atomic E-state index is 11.8. The van der Waals surface area contributed by atoms with Crippen molar-refractivity contribution in [2.24, 2.45) is 22.2 Å². The number of guanidine groups is 1. The molecule has 2 N–H and O–H groups in total. The molecule has 0 aromatic rings. The van der Waals surface area contributed by atoms with E-state index < -0.39 is 0 Å². The highest BCUT2D eigenvalue weighted by Crippen LogP contribution is 2.35. The molecule has 1 aliphatic heterocycles. The lowest BCUT2D eigenvalue weighted by molar-refractivity contribution is -0.128. The first-order chi connectivity index (χ1) is 10.4. The van der Waals surface area contributed by atoms with Crippen LogP contribution in [0.5, 0.6) is 0 Å². The summed E-state index contributed by atoms with van der Waals surface area (Å²) in [5.41, 5.74) is -0.327. The zero-order valence-corrected chi connectivity index (χ0v) is 14.6. The van der Waals surface area contributed by atoms with Gasteiger partial charge in [-0.25, -0.2) is 0 Å². The monoisotopic (exact) mass is 308 g/mol. The Hall–Kier alpha value is -1.26. The van der Waals surface area contributed by atoms with E-state index >= 15 is 0 Å². The average Bonchev–Trinajstić information content (AvgIpc) is 2.89. The topological polar surface area (TPSA) is 56.7 Å². The maximum Gasteiger partial charge on any atom is 0.225 e. The number of fused-ring (bicyclic) bond motifs is 1. The second kappa shape index (κ2) is 7.34. The summed E-state index contributed by atoms with van der Waals surface area (Å²) in [4.78, 5) is 18.6. The van der Waals surface area contributed by atoms with Crippen molar-refractivity contribution >= 4 is 11.9 Å². The number of likely N-dealkylation sites (tertiary alicyclic amines) is 1. The molecule has 0 bridgehead atoms. The van der Waals surface area contributed by atoms with Gasteiger partial charge in [-0.05, 0) is 24.7 Å². The normalized spacial score (nSPS) is 25.8. The SMILES string of the molecule is CN=C(NCCNC(=O)C(C)(C)C)N1CC2CCCCC2C1. The molecule has 2 fully saturated rings. The van der Waals surface area contributed by atoms with E-state index in [4.69, 9.17) is 0 Å². The van der Waals surface area contributed by atoms with Crippen molar-refractivity contribution in [2.45, 2.75) is 46.5 Å². The van der Waals surface area contributed by atoms with Gasteiger partial charge in [0.2, 0.25) is 5.91 Å². The number of hydrogen-bond acceptors (Lipinski definition) is 2. The van der Waals surface area contributed by atoms with Crippen LogP contribution in [0.2, 0.25) is 0 Å². The number of nitrogens with one attached hydrogen (secondary N) is 2. The second-order valence-electron chi connectivity index (χ2n) is 7.69. The predicted octanol–water partition coefficient (Wildman–Crippen LogP) is 1.85. The number of carbonyl (C=O) groups is 1. The van der Waals surface area contributed by atoms with Crippen LogP contribution in [0.3, 0.4) is 0 Å². The standard InChI is InChI=1S/C17H32N4O/c1-17(2,3)15(22)19-9-10-20-16(18-4)21-11-13-7-5-6-8-14(13)12-21/h13-14H,5-12H2,1-4H3,(H,18,20)(H,19,22). The van der Waals surface area contributed by atoms with Gasteiger partial charge in [0.05, 0.1) is 0 Å². The highest BCUT2D eigenvalue weighted by molar-refractivity contribution is 5.82. The summed E-state index contributed by atoms with van der Waals surface area (Å²) in [6.07, 6.45) is 5.53. The molecule has 1 saturated heterocycles. The molecule has 0 spiro atoms. The van der Waals surface area contributed by atoms with E-state index in [1.165, 1.54) is 25.7 Å². The van der Waals surface area contributed by atoms with Crippen LogP contribution in [0.4, 0.5) is 0 Å². The van der Waals surface area contributed by atoms with Crippen molar-refractivity contribution < 1.29 is 4.79 Å². The van der Waals surface area contributed by atoms with Crippen molar-refractivity contribution in [3.63, 3.8) is 0 Å². The van der Waals surface area contributed by atoms with Gasteiger partial charge in [-0.15, -0.1) is 0 Å². The molecule has 2 aliphatic rings. The summed E-state index contributed by atoms with van der Waals surface area (Å²) < 4.78 is 0. The first-order valence-electron chi connectivity index (χ1n) is 8.65. The molecule has 5 heteroatoms. The highest BCUT2D eigenvalue weighted by Gasteiger charge is 2.35. The fourth-order valence-electron chi connectivity index (χ4n) is 3.53. The third-order valence-electron chi connectivity index (χ3n) is 4.86. The molecule has 1 saturated carbocycles. The number of hydrogen-bond donors (Lipinski definition) is 2. The van der Waals surface area contributed by atoms with Gasteiger partial charge in [-0.2, -0.15) is 0 Å². The third kappa shape index (κ3) is 4.37. The summed E-state index contributed by atoms with van der Waals surface area (Å²) in [5.74, 6) is 2.79. The Morgan fingerprint density at radius 1 is 1.09 bits per heavy atom. The molecule has 126 valence electrons. The summed E-state index contributed by atoms with van der Waals surface area (Å²) in [6.45, 7) is 9.43. The predicted molar refractivity (Wildman–Crippen MR) is 90.8 cm³/mol. The quantitative estimate of drug-likeness (QED) is 0.475. The number of carbonyl (C=O) groups excluding carboxylic acids is 1. The van der Waals surface area contributed by atoms with Crippen LogP contribution < -0.4 is 10.6 Å². The van der Waals surface area contributed by atoms with E-state index in [2.05, 4.69) is 20.5 Å². The molecule has 22 heavy (non-hydrogen) atoms. The molecular weight excluding hydrogens is 276 g/mol. The second-order valence-corrected chi connectivity index (χ2v) is 7.69. The zero-order valence-electron chi connectivity index (χ0n) is 14.6. The minimum atomic E-state index is -0.327. The van der Waals surface area contributed by atoms with Gasteiger partial charge in [0.1, 0.15) is 0 Å². The van der Waals surface area contributed by atoms with E-state index in [9.17, 15) is 4.79 Å². The summed E-state index contributed by atoms with van der Waals surface area (Å²) in [6, 6.07) is 0. The van der Waals surface area contributed by atoms with E-state index in [1.54, 1.807) is 0 Å². The lowest BCUT2D eigenvalue weighted by Crippen LogP contribution is -2.44. The van der Waals surface area contributed by atoms with Crippen LogP contribution in [0.25, 0.3) is 0 Å². The van der Waals surface area contributed by atoms with Gasteiger partial charge in [0.25, 0.3) is 0 Å². The van der Waals surface area contributed by atoms with Gasteiger partial charge < -0.3 is 15.5 Å². The Morgan fingerprint density at radius 2 is 1.64 bits per heavy atom. The van der Waals surface area contributed by atoms with Crippen LogP contribution in [0.1, 0.15) is 46.5 Å². The molecule has 2 unspecified atom stereocenters. The Bertz CT molecular complexity index is 399. The first kappa shape index (κ1) is 17.1. The largest absolute Gasteiger partial charge is 0.354 e. The zero-order chi connectivity index (χ0) is 16.2. The molecule has 1 heterocycles. The van der Waals surface area contributed by atoms with Crippen LogP contribution in [-0.4, -0.2) is 50.0 Å². The van der Waals surface area contributed by atoms with Crippen molar-refractivity contribution in [3.05, 3.63) is 0 Å². The minimum Gasteiger partial charge on any atom is -0.354 e. The highest BCUT2D eigenvalue weighted by atomic mass is 16.2. The van der Waals surface area contributed by atoms with Gasteiger partial charge in [-0.1, -0.05) is 33.6 Å². The first-order valence-corrected chi connectivity index (χ1v) is 8.65. The van der Waals surface area contributed by atoms with Gasteiger partial charge in [0, 0.05) is 38.6 Å². The Balaban J connectivity index is 1.73. The fourth-order valence-corrected chi connectivity index (χ4v) is 3.53. The van der Waals surface area contributed by atoms with Gasteiger partial charge >= 0.3 is 0 Å². The van der Waals surface area contributed by atoms with E-state index in [0.717, 1.165) is 37.4 Å².